The highest BCUT2D eigenvalue weighted by molar-refractivity contribution is 6.02. The van der Waals surface area contributed by atoms with E-state index in [0.717, 1.165) is 6.42 Å². The van der Waals surface area contributed by atoms with Gasteiger partial charge in [0.15, 0.2) is 17.2 Å². The largest absolute Gasteiger partial charge is 0.493 e. The van der Waals surface area contributed by atoms with E-state index in [4.69, 9.17) is 14.2 Å². The molecule has 28 heavy (non-hydrogen) atoms. The summed E-state index contributed by atoms with van der Waals surface area (Å²) in [5.74, 6) is 0.858. The van der Waals surface area contributed by atoms with Crippen LogP contribution in [-0.4, -0.2) is 31.7 Å². The molecule has 0 aliphatic rings. The second-order valence-corrected chi connectivity index (χ2v) is 5.73. The first kappa shape index (κ1) is 20.8. The number of anilines is 1. The molecule has 0 bridgehead atoms. The van der Waals surface area contributed by atoms with Gasteiger partial charge in [0.1, 0.15) is 0 Å². The van der Waals surface area contributed by atoms with Gasteiger partial charge in [0.25, 0.3) is 0 Å². The van der Waals surface area contributed by atoms with E-state index in [2.05, 4.69) is 5.32 Å². The van der Waals surface area contributed by atoms with E-state index < -0.39 is 4.92 Å². The van der Waals surface area contributed by atoms with Crippen molar-refractivity contribution in [3.05, 3.63) is 58.2 Å². The molecule has 0 aliphatic carbocycles. The maximum absolute atomic E-state index is 12.1. The van der Waals surface area contributed by atoms with E-state index in [9.17, 15) is 14.9 Å². The van der Waals surface area contributed by atoms with Crippen molar-refractivity contribution in [2.75, 3.05) is 26.1 Å². The quantitative estimate of drug-likeness (QED) is 0.396. The summed E-state index contributed by atoms with van der Waals surface area (Å²) >= 11 is 0. The molecule has 0 atom stereocenters. The van der Waals surface area contributed by atoms with Crippen molar-refractivity contribution in [2.24, 2.45) is 0 Å². The molecule has 2 rings (SSSR count). The first-order chi connectivity index (χ1) is 13.5. The molecule has 8 nitrogen and oxygen atoms in total. The van der Waals surface area contributed by atoms with Crippen LogP contribution in [0, 0.1) is 10.1 Å². The van der Waals surface area contributed by atoms with Crippen LogP contribution in [0.25, 0.3) is 6.08 Å². The lowest BCUT2D eigenvalue weighted by Crippen LogP contribution is -2.08. The van der Waals surface area contributed by atoms with Crippen molar-refractivity contribution >= 4 is 23.4 Å². The molecule has 1 N–H and O–H groups in total. The van der Waals surface area contributed by atoms with Crippen molar-refractivity contribution in [1.82, 2.24) is 0 Å². The minimum Gasteiger partial charge on any atom is -0.493 e. The summed E-state index contributed by atoms with van der Waals surface area (Å²) < 4.78 is 15.7. The fourth-order valence-electron chi connectivity index (χ4n) is 2.38. The van der Waals surface area contributed by atoms with Gasteiger partial charge in [-0.3, -0.25) is 14.9 Å². The number of carbonyl (C=O) groups is 1. The Kier molecular flexibility index (Phi) is 7.38. The first-order valence-electron chi connectivity index (χ1n) is 8.60. The number of carbonyl (C=O) groups excluding carboxylic acids is 1. The van der Waals surface area contributed by atoms with E-state index in [-0.39, 0.29) is 17.3 Å². The Hall–Kier alpha value is -3.55. The molecule has 2 aromatic carbocycles. The predicted molar refractivity (Wildman–Crippen MR) is 106 cm³/mol. The number of nitrogens with one attached hydrogen (secondary N) is 1. The summed E-state index contributed by atoms with van der Waals surface area (Å²) in [6, 6.07) is 9.53. The molecule has 0 unspecified atom stereocenters. The zero-order chi connectivity index (χ0) is 20.5. The molecular formula is C20H22N2O6. The lowest BCUT2D eigenvalue weighted by atomic mass is 10.1. The predicted octanol–water partition coefficient (Wildman–Crippen LogP) is 4.05. The van der Waals surface area contributed by atoms with E-state index in [1.165, 1.54) is 38.5 Å². The van der Waals surface area contributed by atoms with Gasteiger partial charge < -0.3 is 19.5 Å². The lowest BCUT2D eigenvalue weighted by Gasteiger charge is -2.09. The number of amides is 1. The van der Waals surface area contributed by atoms with Crippen LogP contribution in [0.3, 0.4) is 0 Å². The van der Waals surface area contributed by atoms with Gasteiger partial charge in [-0.25, -0.2) is 0 Å². The highest BCUT2D eigenvalue weighted by atomic mass is 16.6. The third-order valence-corrected chi connectivity index (χ3v) is 3.72. The van der Waals surface area contributed by atoms with Gasteiger partial charge in [0.2, 0.25) is 5.91 Å². The Morgan fingerprint density at radius 2 is 1.82 bits per heavy atom. The first-order valence-corrected chi connectivity index (χ1v) is 8.60. The SMILES string of the molecule is CCCOc1ccc(/C=C/C(=O)Nc2ccc(OC)c(OC)c2)cc1[N+](=O)[O-]. The van der Waals surface area contributed by atoms with Crippen LogP contribution in [0.5, 0.6) is 17.2 Å². The number of benzene rings is 2. The molecule has 0 saturated carbocycles. The van der Waals surface area contributed by atoms with E-state index in [1.54, 1.807) is 24.3 Å². The third-order valence-electron chi connectivity index (χ3n) is 3.72. The summed E-state index contributed by atoms with van der Waals surface area (Å²) in [6.07, 6.45) is 3.53. The Morgan fingerprint density at radius 3 is 2.46 bits per heavy atom. The molecule has 148 valence electrons. The fourth-order valence-corrected chi connectivity index (χ4v) is 2.38. The minimum absolute atomic E-state index is 0.143. The number of nitro benzene ring substituents is 1. The zero-order valence-corrected chi connectivity index (χ0v) is 15.9. The second-order valence-electron chi connectivity index (χ2n) is 5.73. The molecule has 0 fully saturated rings. The average molecular weight is 386 g/mol. The van der Waals surface area contributed by atoms with Crippen LogP contribution in [0.4, 0.5) is 11.4 Å². The van der Waals surface area contributed by atoms with Gasteiger partial charge >= 0.3 is 5.69 Å². The van der Waals surface area contributed by atoms with Crippen molar-refractivity contribution in [1.29, 1.82) is 0 Å². The van der Waals surface area contributed by atoms with E-state index >= 15 is 0 Å². The minimum atomic E-state index is -0.508. The number of rotatable bonds is 9. The number of ether oxygens (including phenoxy) is 3. The van der Waals surface area contributed by atoms with Gasteiger partial charge in [-0.05, 0) is 36.3 Å². The Bertz CT molecular complexity index is 879. The van der Waals surface area contributed by atoms with Crippen molar-refractivity contribution in [3.63, 3.8) is 0 Å². The number of hydrogen-bond acceptors (Lipinski definition) is 6. The Labute approximate surface area is 162 Å². The van der Waals surface area contributed by atoms with Crippen LogP contribution < -0.4 is 19.5 Å². The van der Waals surface area contributed by atoms with Crippen LogP contribution in [0.15, 0.2) is 42.5 Å². The normalized spacial score (nSPS) is 10.5. The highest BCUT2D eigenvalue weighted by Crippen LogP contribution is 2.30. The fraction of sp³-hybridized carbons (Fsp3) is 0.250. The summed E-state index contributed by atoms with van der Waals surface area (Å²) in [6.45, 7) is 2.31. The summed E-state index contributed by atoms with van der Waals surface area (Å²) in [5, 5.41) is 13.9. The van der Waals surface area contributed by atoms with Gasteiger partial charge in [-0.15, -0.1) is 0 Å². The molecule has 1 amide bonds. The highest BCUT2D eigenvalue weighted by Gasteiger charge is 2.15. The lowest BCUT2D eigenvalue weighted by molar-refractivity contribution is -0.385. The van der Waals surface area contributed by atoms with Crippen molar-refractivity contribution < 1.29 is 23.9 Å². The molecule has 0 aromatic heterocycles. The molecule has 0 radical (unpaired) electrons. The van der Waals surface area contributed by atoms with Crippen LogP contribution in [-0.2, 0) is 4.79 Å². The van der Waals surface area contributed by atoms with Crippen LogP contribution in [0.1, 0.15) is 18.9 Å². The smallest absolute Gasteiger partial charge is 0.311 e. The van der Waals surface area contributed by atoms with Crippen LogP contribution >= 0.6 is 0 Å². The Balaban J connectivity index is 2.11. The zero-order valence-electron chi connectivity index (χ0n) is 15.9. The van der Waals surface area contributed by atoms with Gasteiger partial charge in [-0.1, -0.05) is 13.0 Å². The number of hydrogen-bond donors (Lipinski definition) is 1. The summed E-state index contributed by atoms with van der Waals surface area (Å²) in [4.78, 5) is 22.9. The third kappa shape index (κ3) is 5.47. The van der Waals surface area contributed by atoms with Gasteiger partial charge in [0, 0.05) is 23.9 Å². The maximum Gasteiger partial charge on any atom is 0.311 e. The summed E-state index contributed by atoms with van der Waals surface area (Å²) in [5.41, 5.74) is 0.899. The summed E-state index contributed by atoms with van der Waals surface area (Å²) in [7, 11) is 3.03. The van der Waals surface area contributed by atoms with E-state index in [0.29, 0.717) is 29.4 Å². The molecular weight excluding hydrogens is 364 g/mol. The second kappa shape index (κ2) is 9.96. The molecule has 0 spiro atoms. The monoisotopic (exact) mass is 386 g/mol. The number of nitro groups is 1. The van der Waals surface area contributed by atoms with E-state index in [1.807, 2.05) is 6.92 Å². The van der Waals surface area contributed by atoms with Gasteiger partial charge in [0.05, 0.1) is 25.7 Å². The maximum atomic E-state index is 12.1. The molecule has 0 saturated heterocycles. The average Bonchev–Trinajstić information content (AvgIpc) is 2.70. The molecule has 0 heterocycles. The number of methoxy groups -OCH3 is 2. The van der Waals surface area contributed by atoms with Gasteiger partial charge in [-0.2, -0.15) is 0 Å². The van der Waals surface area contributed by atoms with Crippen LogP contribution in [0.2, 0.25) is 0 Å². The topological polar surface area (TPSA) is 99.9 Å². The number of nitrogens with zero attached hydrogens (tertiary/aromatic N) is 1. The van der Waals surface area contributed by atoms with Crippen molar-refractivity contribution in [2.45, 2.75) is 13.3 Å². The Morgan fingerprint density at radius 1 is 1.11 bits per heavy atom. The molecule has 8 heteroatoms. The molecule has 2 aromatic rings. The molecule has 0 aliphatic heterocycles. The standard InChI is InChI=1S/C20H22N2O6/c1-4-11-28-17-8-5-14(12-16(17)22(24)25)6-10-20(23)21-15-7-9-18(26-2)19(13-15)27-3/h5-10,12-13H,4,11H2,1-3H3,(H,21,23)/b10-6+. The van der Waals surface area contributed by atoms with Crippen molar-refractivity contribution in [3.8, 4) is 17.2 Å².